The summed E-state index contributed by atoms with van der Waals surface area (Å²) in [6.45, 7) is 9.89. The SMILES string of the molecule is CCCCOc1c2c(c(OCCCC)c3c4nc5nc(nc6[nH]c(nc7nc(nc([nH]4)c13)-c1cc([N+](=O)[O-])ccc1-7)c1c(OCCCC)c3c(c(OCCCC)c61)[C@H]1C=C[C@@H]3O1)-c1cc([N+](=O)[O-])ccc1-5)[C@H]1C=C[C@@H]2O1. The van der Waals surface area contributed by atoms with Gasteiger partial charge in [-0.2, -0.15) is 0 Å². The lowest BCUT2D eigenvalue weighted by atomic mass is 9.91. The van der Waals surface area contributed by atoms with Gasteiger partial charge in [0.05, 0.1) is 57.8 Å². The fourth-order valence-corrected chi connectivity index (χ4v) is 11.0. The van der Waals surface area contributed by atoms with Gasteiger partial charge in [0, 0.05) is 68.8 Å². The summed E-state index contributed by atoms with van der Waals surface area (Å²) in [5.74, 6) is 2.81. The summed E-state index contributed by atoms with van der Waals surface area (Å²) in [6, 6.07) is 9.01. The number of aromatic amines is 2. The summed E-state index contributed by atoms with van der Waals surface area (Å²) < 4.78 is 40.4. The Morgan fingerprint density at radius 1 is 0.447 bits per heavy atom. The molecule has 20 nitrogen and oxygen atoms in total. The van der Waals surface area contributed by atoms with Crippen LogP contribution in [0.4, 0.5) is 11.4 Å². The van der Waals surface area contributed by atoms with Crippen molar-refractivity contribution in [2.75, 3.05) is 26.4 Å². The van der Waals surface area contributed by atoms with Crippen molar-refractivity contribution in [1.29, 1.82) is 0 Å². The van der Waals surface area contributed by atoms with E-state index in [1.165, 1.54) is 24.3 Å². The molecular weight excluding hydrogens is 973 g/mol. The maximum Gasteiger partial charge on any atom is 0.270 e. The molecule has 6 aliphatic rings. The van der Waals surface area contributed by atoms with Gasteiger partial charge in [-0.1, -0.05) is 77.7 Å². The topological polar surface area (TPSA) is 251 Å². The van der Waals surface area contributed by atoms with Crippen molar-refractivity contribution >= 4 is 55.5 Å². The third-order valence-electron chi connectivity index (χ3n) is 14.7. The quantitative estimate of drug-likeness (QED) is 0.0351. The van der Waals surface area contributed by atoms with Crippen LogP contribution in [-0.2, 0) is 9.47 Å². The Labute approximate surface area is 433 Å². The van der Waals surface area contributed by atoms with E-state index < -0.39 is 34.3 Å². The molecule has 3 aromatic heterocycles. The lowest BCUT2D eigenvalue weighted by molar-refractivity contribution is -0.385. The van der Waals surface area contributed by atoms with Gasteiger partial charge < -0.3 is 38.4 Å². The molecule has 2 N–H and O–H groups in total. The van der Waals surface area contributed by atoms with Gasteiger partial charge in [0.25, 0.3) is 11.4 Å². The third-order valence-corrected chi connectivity index (χ3v) is 14.7. The molecule has 0 saturated carbocycles. The van der Waals surface area contributed by atoms with Crippen LogP contribution in [0.5, 0.6) is 23.0 Å². The van der Waals surface area contributed by atoms with Gasteiger partial charge in [0.2, 0.25) is 0 Å². The number of benzene rings is 4. The first-order chi connectivity index (χ1) is 37.2. The minimum absolute atomic E-state index is 0.136. The van der Waals surface area contributed by atoms with Gasteiger partial charge in [-0.15, -0.1) is 0 Å². The van der Waals surface area contributed by atoms with Gasteiger partial charge in [-0.05, 0) is 37.8 Å². The number of nitro groups is 2. The maximum absolute atomic E-state index is 12.5. The van der Waals surface area contributed by atoms with Crippen LogP contribution in [0, 0.1) is 20.2 Å². The summed E-state index contributed by atoms with van der Waals surface area (Å²) in [5.41, 5.74) is 5.80. The molecule has 12 bridgehead atoms. The number of ether oxygens (including phenoxy) is 6. The number of nitrogens with zero attached hydrogens (tertiary/aromatic N) is 8. The first kappa shape index (κ1) is 47.4. The van der Waals surface area contributed by atoms with Crippen molar-refractivity contribution in [3.8, 4) is 68.5 Å². The van der Waals surface area contributed by atoms with E-state index in [0.29, 0.717) is 105 Å². The van der Waals surface area contributed by atoms with Crippen molar-refractivity contribution in [3.05, 3.63) is 103 Å². The number of fused-ring (bicyclic) bond motifs is 30. The van der Waals surface area contributed by atoms with E-state index in [9.17, 15) is 20.2 Å². The van der Waals surface area contributed by atoms with Crippen LogP contribution in [0.25, 0.3) is 89.7 Å². The predicted octanol–water partition coefficient (Wildman–Crippen LogP) is 12.8. The molecule has 0 spiro atoms. The van der Waals surface area contributed by atoms with Crippen LogP contribution in [0.3, 0.4) is 0 Å². The highest BCUT2D eigenvalue weighted by Gasteiger charge is 2.44. The summed E-state index contributed by atoms with van der Waals surface area (Å²) in [4.78, 5) is 62.7. The van der Waals surface area contributed by atoms with Gasteiger partial charge in [-0.3, -0.25) is 20.2 Å². The molecule has 0 aliphatic carbocycles. The van der Waals surface area contributed by atoms with Crippen molar-refractivity contribution in [1.82, 2.24) is 39.9 Å². The number of unbranched alkanes of at least 4 members (excludes halogenated alkanes) is 4. The summed E-state index contributed by atoms with van der Waals surface area (Å²) in [6.07, 6.45) is 12.9. The van der Waals surface area contributed by atoms with Crippen LogP contribution >= 0.6 is 0 Å². The lowest BCUT2D eigenvalue weighted by Crippen LogP contribution is -2.07. The zero-order valence-electron chi connectivity index (χ0n) is 42.2. The second-order valence-corrected chi connectivity index (χ2v) is 19.6. The van der Waals surface area contributed by atoms with Crippen LogP contribution in [0.1, 0.15) is 126 Å². The molecule has 0 saturated heterocycles. The Hall–Kier alpha value is -8.36. The molecule has 13 rings (SSSR count). The smallest absolute Gasteiger partial charge is 0.270 e. The van der Waals surface area contributed by atoms with E-state index in [4.69, 9.17) is 58.3 Å². The Kier molecular flexibility index (Phi) is 11.7. The fraction of sp³-hybridized carbons (Fsp3) is 0.357. The number of hydrogen-bond acceptors (Lipinski definition) is 16. The van der Waals surface area contributed by atoms with E-state index in [1.807, 2.05) is 24.3 Å². The largest absolute Gasteiger partial charge is 0.492 e. The lowest BCUT2D eigenvalue weighted by Gasteiger charge is -2.20. The number of H-pyrrole nitrogens is 2. The molecule has 0 radical (unpaired) electrons. The van der Waals surface area contributed by atoms with E-state index in [2.05, 4.69) is 37.7 Å². The number of nitro benzene ring substituents is 2. The first-order valence-electron chi connectivity index (χ1n) is 26.2. The van der Waals surface area contributed by atoms with E-state index in [0.717, 1.165) is 73.6 Å². The summed E-state index contributed by atoms with van der Waals surface area (Å²) in [5, 5.41) is 27.2. The monoisotopic (exact) mass is 1020 g/mol. The molecule has 0 fully saturated rings. The Morgan fingerprint density at radius 2 is 0.737 bits per heavy atom. The van der Waals surface area contributed by atoms with Gasteiger partial charge in [-0.25, -0.2) is 29.9 Å². The number of aromatic nitrogens is 8. The van der Waals surface area contributed by atoms with E-state index in [1.54, 1.807) is 12.1 Å². The minimum atomic E-state index is -0.452. The number of hydrogen-bond donors (Lipinski definition) is 2. The summed E-state index contributed by atoms with van der Waals surface area (Å²) in [7, 11) is 0. The first-order valence-corrected chi connectivity index (χ1v) is 26.2. The zero-order valence-corrected chi connectivity index (χ0v) is 42.2. The van der Waals surface area contributed by atoms with Crippen molar-refractivity contribution < 1.29 is 38.3 Å². The predicted molar refractivity (Wildman–Crippen MR) is 282 cm³/mol. The van der Waals surface area contributed by atoms with Gasteiger partial charge >= 0.3 is 0 Å². The fourth-order valence-electron chi connectivity index (χ4n) is 11.0. The van der Waals surface area contributed by atoms with Gasteiger partial charge in [0.15, 0.2) is 23.3 Å². The molecule has 4 atom stereocenters. The molecule has 4 aromatic carbocycles. The minimum Gasteiger partial charge on any atom is -0.492 e. The molecular formula is C56H52N10O10. The third kappa shape index (κ3) is 7.47. The zero-order chi connectivity index (χ0) is 51.9. The summed E-state index contributed by atoms with van der Waals surface area (Å²) >= 11 is 0. The second kappa shape index (κ2) is 18.8. The molecule has 7 aromatic rings. The normalized spacial score (nSPS) is 17.8. The highest BCUT2D eigenvalue weighted by atomic mass is 16.6. The maximum atomic E-state index is 12.5. The van der Waals surface area contributed by atoms with Crippen LogP contribution < -0.4 is 18.9 Å². The highest BCUT2D eigenvalue weighted by molar-refractivity contribution is 6.15. The molecule has 76 heavy (non-hydrogen) atoms. The van der Waals surface area contributed by atoms with Crippen LogP contribution in [0.15, 0.2) is 60.7 Å². The highest BCUT2D eigenvalue weighted by Crippen LogP contribution is 2.60. The van der Waals surface area contributed by atoms with E-state index in [-0.39, 0.29) is 46.0 Å². The van der Waals surface area contributed by atoms with Crippen LogP contribution in [-0.4, -0.2) is 76.1 Å². The molecule has 9 heterocycles. The average molecular weight is 1030 g/mol. The van der Waals surface area contributed by atoms with Crippen molar-refractivity contribution in [3.63, 3.8) is 0 Å². The Bertz CT molecular complexity index is 3620. The number of nitrogens with one attached hydrogen (secondary N) is 2. The second-order valence-electron chi connectivity index (χ2n) is 19.6. The standard InChI is InChI=1S/C56H52N10O10/c1-5-9-21-71-45-37-33-17-19-35(75-33)39(37)47(73-23-11-7-3)43-41(45)53-59-49-29-15-13-27(65(67)68)25-31(29)52(57-49)62-56-44-42(46(72-22-10-6-2)38-34-18-20-36(76-34)40(38)48(44)74-24-12-8-4)54(64-56)60-50-30-16-14-28(66(69)70)26-32(30)51(58-50)61-55(43)63-53/h13-20,25-26,33-36H,5-12,21-24H2,1-4H3,(H2,57,58,59,60,61,62,63,64)/t33-,34+,35+,36-. The molecule has 20 heteroatoms. The van der Waals surface area contributed by atoms with Crippen LogP contribution in [0.2, 0.25) is 0 Å². The van der Waals surface area contributed by atoms with E-state index >= 15 is 0 Å². The molecule has 6 aliphatic heterocycles. The van der Waals surface area contributed by atoms with Gasteiger partial charge in [0.1, 0.15) is 70.0 Å². The Morgan fingerprint density at radius 3 is 1.01 bits per heavy atom. The molecule has 0 amide bonds. The number of rotatable bonds is 18. The number of non-ortho nitro benzene ring substituents is 2. The molecule has 0 unspecified atom stereocenters. The van der Waals surface area contributed by atoms with Crippen molar-refractivity contribution in [2.24, 2.45) is 0 Å². The molecule has 386 valence electrons. The van der Waals surface area contributed by atoms with Crippen molar-refractivity contribution in [2.45, 2.75) is 103 Å². The average Bonchev–Trinajstić information content (AvgIpc) is 4.37. The Balaban J connectivity index is 1.22.